The molecule has 0 saturated carbocycles. The van der Waals surface area contributed by atoms with Crippen molar-refractivity contribution >= 4 is 5.69 Å². The molecule has 1 unspecified atom stereocenters. The first-order valence-electron chi connectivity index (χ1n) is 5.13. The molecule has 0 aliphatic carbocycles. The number of fused-ring (bicyclic) bond motifs is 1. The molecule has 1 aliphatic rings. The Hall–Kier alpha value is -1.25. The van der Waals surface area contributed by atoms with Crippen LogP contribution in [0.15, 0.2) is 18.2 Å². The Kier molecular flexibility index (Phi) is 2.33. The lowest BCUT2D eigenvalue weighted by Crippen LogP contribution is -2.36. The van der Waals surface area contributed by atoms with Crippen LogP contribution < -0.4 is 10.1 Å². The minimum absolute atomic E-state index is 0.139. The van der Waals surface area contributed by atoms with E-state index in [0.29, 0.717) is 0 Å². The Bertz CT molecular complexity index is 370. The fourth-order valence-electron chi connectivity index (χ4n) is 1.87. The number of nitrogens with one attached hydrogen (secondary N) is 1. The Morgan fingerprint density at radius 2 is 2.20 bits per heavy atom. The van der Waals surface area contributed by atoms with E-state index in [2.05, 4.69) is 5.32 Å². The highest BCUT2D eigenvalue weighted by Gasteiger charge is 2.34. The van der Waals surface area contributed by atoms with Crippen molar-refractivity contribution in [2.24, 2.45) is 0 Å². The quantitative estimate of drug-likeness (QED) is 0.808. The molecule has 1 heterocycles. The largest absolute Gasteiger partial charge is 0.497 e. The van der Waals surface area contributed by atoms with Gasteiger partial charge in [-0.1, -0.05) is 6.07 Å². The summed E-state index contributed by atoms with van der Waals surface area (Å²) < 4.78 is 18.9. The standard InChI is InChI=1S/C12H16FNO/c1-12(2,13)11-6-8-4-5-9(15-3)7-10(8)14-11/h4-5,7,11,14H,6H2,1-3H3. The van der Waals surface area contributed by atoms with Crippen LogP contribution in [0.2, 0.25) is 0 Å². The number of anilines is 1. The van der Waals surface area contributed by atoms with Crippen LogP contribution in [0.4, 0.5) is 10.1 Å². The molecule has 1 N–H and O–H groups in total. The number of benzene rings is 1. The number of halogens is 1. The third-order valence-electron chi connectivity index (χ3n) is 2.90. The van der Waals surface area contributed by atoms with Gasteiger partial charge < -0.3 is 10.1 Å². The lowest BCUT2D eigenvalue weighted by atomic mass is 9.98. The molecule has 2 nitrogen and oxygen atoms in total. The third-order valence-corrected chi connectivity index (χ3v) is 2.90. The molecule has 2 rings (SSSR count). The minimum atomic E-state index is -1.20. The zero-order valence-electron chi connectivity index (χ0n) is 9.30. The van der Waals surface area contributed by atoms with Crippen LogP contribution in [-0.2, 0) is 6.42 Å². The lowest BCUT2D eigenvalue weighted by Gasteiger charge is -2.22. The SMILES string of the molecule is COc1ccc2c(c1)NC(C(C)(C)F)C2. The molecule has 0 fully saturated rings. The summed E-state index contributed by atoms with van der Waals surface area (Å²) in [5.74, 6) is 0.804. The highest BCUT2D eigenvalue weighted by Crippen LogP contribution is 2.34. The van der Waals surface area contributed by atoms with Crippen molar-refractivity contribution in [3.05, 3.63) is 23.8 Å². The number of hydrogen-bond acceptors (Lipinski definition) is 2. The van der Waals surface area contributed by atoms with Gasteiger partial charge in [0.2, 0.25) is 0 Å². The van der Waals surface area contributed by atoms with Crippen molar-refractivity contribution in [2.45, 2.75) is 32.0 Å². The van der Waals surface area contributed by atoms with Crippen LogP contribution in [0, 0.1) is 0 Å². The van der Waals surface area contributed by atoms with Crippen molar-refractivity contribution in [1.29, 1.82) is 0 Å². The average Bonchev–Trinajstić information content (AvgIpc) is 2.59. The summed E-state index contributed by atoms with van der Waals surface area (Å²) in [6, 6.07) is 5.68. The van der Waals surface area contributed by atoms with E-state index in [1.165, 1.54) is 0 Å². The third kappa shape index (κ3) is 1.91. The first kappa shape index (κ1) is 10.3. The molecule has 0 bridgehead atoms. The molecule has 0 amide bonds. The second-order valence-electron chi connectivity index (χ2n) is 4.49. The lowest BCUT2D eigenvalue weighted by molar-refractivity contribution is 0.187. The second kappa shape index (κ2) is 3.40. The summed E-state index contributed by atoms with van der Waals surface area (Å²) in [6.45, 7) is 3.21. The van der Waals surface area contributed by atoms with E-state index in [0.717, 1.165) is 23.4 Å². The molecule has 1 aromatic rings. The number of rotatable bonds is 2. The maximum Gasteiger partial charge on any atom is 0.125 e. The zero-order chi connectivity index (χ0) is 11.1. The Morgan fingerprint density at radius 3 is 2.80 bits per heavy atom. The van der Waals surface area contributed by atoms with E-state index in [-0.39, 0.29) is 6.04 Å². The molecular weight excluding hydrogens is 193 g/mol. The first-order chi connectivity index (χ1) is 7.00. The summed E-state index contributed by atoms with van der Waals surface area (Å²) in [4.78, 5) is 0. The van der Waals surface area contributed by atoms with Gasteiger partial charge in [-0.2, -0.15) is 0 Å². The molecule has 0 spiro atoms. The molecule has 82 valence electrons. The highest BCUT2D eigenvalue weighted by molar-refractivity contribution is 5.60. The van der Waals surface area contributed by atoms with E-state index in [1.807, 2.05) is 18.2 Å². The molecule has 0 aromatic heterocycles. The fourth-order valence-corrected chi connectivity index (χ4v) is 1.87. The van der Waals surface area contributed by atoms with E-state index in [1.54, 1.807) is 21.0 Å². The Morgan fingerprint density at radius 1 is 1.47 bits per heavy atom. The molecular formula is C12H16FNO. The van der Waals surface area contributed by atoms with Crippen molar-refractivity contribution in [1.82, 2.24) is 0 Å². The topological polar surface area (TPSA) is 21.3 Å². The molecule has 0 radical (unpaired) electrons. The predicted molar refractivity (Wildman–Crippen MR) is 59.3 cm³/mol. The summed E-state index contributed by atoms with van der Waals surface area (Å²) >= 11 is 0. The van der Waals surface area contributed by atoms with Crippen molar-refractivity contribution < 1.29 is 9.13 Å². The normalized spacial score (nSPS) is 19.6. The van der Waals surface area contributed by atoms with E-state index >= 15 is 0 Å². The van der Waals surface area contributed by atoms with Gasteiger partial charge in [0, 0.05) is 11.8 Å². The van der Waals surface area contributed by atoms with Crippen LogP contribution in [-0.4, -0.2) is 18.8 Å². The van der Waals surface area contributed by atoms with Gasteiger partial charge in [0.05, 0.1) is 13.2 Å². The van der Waals surface area contributed by atoms with Gasteiger partial charge in [-0.25, -0.2) is 4.39 Å². The van der Waals surface area contributed by atoms with E-state index < -0.39 is 5.67 Å². The van der Waals surface area contributed by atoms with Crippen LogP contribution in [0.3, 0.4) is 0 Å². The molecule has 15 heavy (non-hydrogen) atoms. The first-order valence-corrected chi connectivity index (χ1v) is 5.13. The number of methoxy groups -OCH3 is 1. The van der Waals surface area contributed by atoms with Gasteiger partial charge in [-0.3, -0.25) is 0 Å². The molecule has 1 aliphatic heterocycles. The molecule has 0 saturated heterocycles. The van der Waals surface area contributed by atoms with Gasteiger partial charge in [0.25, 0.3) is 0 Å². The smallest absolute Gasteiger partial charge is 0.125 e. The van der Waals surface area contributed by atoms with Crippen molar-refractivity contribution in [3.63, 3.8) is 0 Å². The fraction of sp³-hybridized carbons (Fsp3) is 0.500. The van der Waals surface area contributed by atoms with Gasteiger partial charge in [0.1, 0.15) is 11.4 Å². The summed E-state index contributed by atoms with van der Waals surface area (Å²) in [5, 5.41) is 3.19. The molecule has 1 atom stereocenters. The highest BCUT2D eigenvalue weighted by atomic mass is 19.1. The van der Waals surface area contributed by atoms with E-state index in [9.17, 15) is 4.39 Å². The van der Waals surface area contributed by atoms with Gasteiger partial charge >= 0.3 is 0 Å². The Labute approximate surface area is 89.4 Å². The van der Waals surface area contributed by atoms with Crippen molar-refractivity contribution in [2.75, 3.05) is 12.4 Å². The van der Waals surface area contributed by atoms with Crippen LogP contribution in [0.1, 0.15) is 19.4 Å². The number of ether oxygens (including phenoxy) is 1. The van der Waals surface area contributed by atoms with Crippen molar-refractivity contribution in [3.8, 4) is 5.75 Å². The van der Waals surface area contributed by atoms with Gasteiger partial charge in [-0.15, -0.1) is 0 Å². The monoisotopic (exact) mass is 209 g/mol. The minimum Gasteiger partial charge on any atom is -0.497 e. The predicted octanol–water partition coefficient (Wildman–Crippen LogP) is 2.78. The maximum absolute atomic E-state index is 13.7. The zero-order valence-corrected chi connectivity index (χ0v) is 9.30. The van der Waals surface area contributed by atoms with Crippen LogP contribution in [0.5, 0.6) is 5.75 Å². The average molecular weight is 209 g/mol. The summed E-state index contributed by atoms with van der Waals surface area (Å²) in [5.41, 5.74) is 0.948. The van der Waals surface area contributed by atoms with E-state index in [4.69, 9.17) is 4.74 Å². The Balaban J connectivity index is 2.24. The summed E-state index contributed by atoms with van der Waals surface area (Å²) in [6.07, 6.45) is 0.739. The van der Waals surface area contributed by atoms with Gasteiger partial charge in [0.15, 0.2) is 0 Å². The molecule has 1 aromatic carbocycles. The second-order valence-corrected chi connectivity index (χ2v) is 4.49. The van der Waals surface area contributed by atoms with Gasteiger partial charge in [-0.05, 0) is 31.9 Å². The summed E-state index contributed by atoms with van der Waals surface area (Å²) in [7, 11) is 1.63. The molecule has 3 heteroatoms. The van der Waals surface area contributed by atoms with Crippen LogP contribution >= 0.6 is 0 Å². The maximum atomic E-state index is 13.7. The number of hydrogen-bond donors (Lipinski definition) is 1. The number of alkyl halides is 1. The van der Waals surface area contributed by atoms with Crippen LogP contribution in [0.25, 0.3) is 0 Å².